The van der Waals surface area contributed by atoms with Gasteiger partial charge in [0.1, 0.15) is 23.9 Å². The summed E-state index contributed by atoms with van der Waals surface area (Å²) in [6.07, 6.45) is 5.84. The highest BCUT2D eigenvalue weighted by molar-refractivity contribution is 8.93. The van der Waals surface area contributed by atoms with Crippen molar-refractivity contribution in [3.8, 4) is 23.1 Å². The van der Waals surface area contributed by atoms with Gasteiger partial charge in [-0.1, -0.05) is 91.6 Å². The molecular weight excluding hydrogens is 785 g/mol. The number of aromatic nitrogens is 1. The van der Waals surface area contributed by atoms with Crippen LogP contribution in [-0.2, 0) is 24.4 Å². The zero-order valence-corrected chi connectivity index (χ0v) is 34.1. The standard InChI is InChI=1S/C44H45Cl2N3O4.BrH/c1-31(2)35-12-15-38(16-13-35)51-25-20-33-8-10-34(11-9-33)29-48-21-23-49(24-22-48)44(50)19-14-36-26-32(3)42(27-41(36)46)53-43-18-17-39(28-47-43)52-30-37-6-4-5-7-40(37)45;/h4-19,26-28,31H,20-25,29-30H2,1-3H3;1H. The van der Waals surface area contributed by atoms with Gasteiger partial charge in [0.25, 0.3) is 0 Å². The lowest BCUT2D eigenvalue weighted by Gasteiger charge is -2.34. The quantitative estimate of drug-likeness (QED) is 0.104. The van der Waals surface area contributed by atoms with E-state index in [-0.39, 0.29) is 22.9 Å². The first kappa shape index (κ1) is 40.8. The Morgan fingerprint density at radius 1 is 0.833 bits per heavy atom. The number of halogens is 3. The Morgan fingerprint density at radius 2 is 1.54 bits per heavy atom. The number of amides is 1. The molecule has 1 aliphatic rings. The fourth-order valence-electron chi connectivity index (χ4n) is 6.02. The van der Waals surface area contributed by atoms with E-state index in [9.17, 15) is 4.79 Å². The zero-order valence-electron chi connectivity index (χ0n) is 30.8. The van der Waals surface area contributed by atoms with E-state index in [1.54, 1.807) is 36.5 Å². The fourth-order valence-corrected chi connectivity index (χ4v) is 6.43. The van der Waals surface area contributed by atoms with Gasteiger partial charge in [0, 0.05) is 67.9 Å². The van der Waals surface area contributed by atoms with Gasteiger partial charge in [-0.25, -0.2) is 4.98 Å². The van der Waals surface area contributed by atoms with Gasteiger partial charge in [0.2, 0.25) is 11.8 Å². The third kappa shape index (κ3) is 11.6. The molecule has 4 aromatic carbocycles. The molecule has 0 aliphatic carbocycles. The number of carbonyl (C=O) groups excluding carboxylic acids is 1. The van der Waals surface area contributed by atoms with Crippen LogP contribution in [0.4, 0.5) is 0 Å². The summed E-state index contributed by atoms with van der Waals surface area (Å²) < 4.78 is 17.8. The first-order valence-corrected chi connectivity index (χ1v) is 18.8. The SMILES string of the molecule is Br.Cc1cc(C=CC(=O)N2CCN(Cc3ccc(CCOc4ccc(C(C)C)cc4)cc3)CC2)c(Cl)cc1Oc1ccc(OCc2ccccc2Cl)cn1. The molecule has 54 heavy (non-hydrogen) atoms. The Labute approximate surface area is 339 Å². The van der Waals surface area contributed by atoms with Crippen LogP contribution in [-0.4, -0.2) is 53.5 Å². The van der Waals surface area contributed by atoms with Crippen molar-refractivity contribution >= 4 is 52.2 Å². The Balaban J connectivity index is 0.00000561. The Bertz CT molecular complexity index is 2000. The number of nitrogens with zero attached hydrogens (tertiary/aromatic N) is 3. The van der Waals surface area contributed by atoms with Crippen molar-refractivity contribution in [1.82, 2.24) is 14.8 Å². The van der Waals surface area contributed by atoms with Gasteiger partial charge in [-0.2, -0.15) is 0 Å². The first-order valence-electron chi connectivity index (χ1n) is 18.0. The van der Waals surface area contributed by atoms with Crippen LogP contribution in [0.25, 0.3) is 6.08 Å². The van der Waals surface area contributed by atoms with Crippen LogP contribution in [0, 0.1) is 6.92 Å². The summed E-state index contributed by atoms with van der Waals surface area (Å²) in [7, 11) is 0. The van der Waals surface area contributed by atoms with Crippen molar-refractivity contribution in [1.29, 1.82) is 0 Å². The molecule has 0 N–H and O–H groups in total. The van der Waals surface area contributed by atoms with Crippen LogP contribution < -0.4 is 14.2 Å². The molecule has 2 heterocycles. The summed E-state index contributed by atoms with van der Waals surface area (Å²) in [6, 6.07) is 31.9. The summed E-state index contributed by atoms with van der Waals surface area (Å²) in [5, 5.41) is 1.14. The van der Waals surface area contributed by atoms with Gasteiger partial charge in [-0.3, -0.25) is 9.69 Å². The maximum absolute atomic E-state index is 13.1. The van der Waals surface area contributed by atoms with Crippen LogP contribution in [0.3, 0.4) is 0 Å². The van der Waals surface area contributed by atoms with Crippen molar-refractivity contribution in [2.24, 2.45) is 0 Å². The van der Waals surface area contributed by atoms with Crippen molar-refractivity contribution in [3.63, 3.8) is 0 Å². The van der Waals surface area contributed by atoms with E-state index in [2.05, 4.69) is 72.3 Å². The average molecular weight is 832 g/mol. The maximum atomic E-state index is 13.1. The van der Waals surface area contributed by atoms with Crippen LogP contribution in [0.2, 0.25) is 10.0 Å². The van der Waals surface area contributed by atoms with Crippen LogP contribution in [0.1, 0.15) is 53.1 Å². The van der Waals surface area contributed by atoms with Gasteiger partial charge in [-0.15, -0.1) is 17.0 Å². The molecule has 6 rings (SSSR count). The van der Waals surface area contributed by atoms with E-state index in [0.29, 0.717) is 59.6 Å². The Hall–Kier alpha value is -4.34. The molecule has 10 heteroatoms. The number of aryl methyl sites for hydroxylation is 1. The number of piperazine rings is 1. The number of hydrogen-bond donors (Lipinski definition) is 0. The highest BCUT2D eigenvalue weighted by Crippen LogP contribution is 2.31. The number of ether oxygens (including phenoxy) is 3. The average Bonchev–Trinajstić information content (AvgIpc) is 3.17. The molecule has 0 radical (unpaired) electrons. The number of benzene rings is 4. The predicted octanol–water partition coefficient (Wildman–Crippen LogP) is 10.7. The molecule has 0 spiro atoms. The van der Waals surface area contributed by atoms with Gasteiger partial charge in [0.05, 0.1) is 17.8 Å². The van der Waals surface area contributed by atoms with Crippen molar-refractivity contribution in [2.45, 2.75) is 46.3 Å². The third-order valence-electron chi connectivity index (χ3n) is 9.29. The van der Waals surface area contributed by atoms with Crippen LogP contribution in [0.5, 0.6) is 23.1 Å². The molecule has 1 saturated heterocycles. The molecule has 0 unspecified atom stereocenters. The minimum absolute atomic E-state index is 0. The van der Waals surface area contributed by atoms with Gasteiger partial charge in [0.15, 0.2) is 0 Å². The van der Waals surface area contributed by atoms with Gasteiger partial charge in [-0.05, 0) is 77.1 Å². The van der Waals surface area contributed by atoms with Gasteiger partial charge < -0.3 is 19.1 Å². The molecule has 5 aromatic rings. The first-order chi connectivity index (χ1) is 25.7. The molecule has 0 bridgehead atoms. The summed E-state index contributed by atoms with van der Waals surface area (Å²) in [5.74, 6) is 3.00. The number of carbonyl (C=O) groups is 1. The van der Waals surface area contributed by atoms with Crippen LogP contribution >= 0.6 is 40.2 Å². The molecule has 1 aliphatic heterocycles. The lowest BCUT2D eigenvalue weighted by Crippen LogP contribution is -2.47. The minimum atomic E-state index is -0.0258. The summed E-state index contributed by atoms with van der Waals surface area (Å²) in [5.41, 5.74) is 6.35. The molecule has 1 fully saturated rings. The summed E-state index contributed by atoms with van der Waals surface area (Å²) in [4.78, 5) is 21.7. The lowest BCUT2D eigenvalue weighted by molar-refractivity contribution is -0.127. The molecule has 282 valence electrons. The Kier molecular flexibility index (Phi) is 15.0. The molecule has 1 aromatic heterocycles. The monoisotopic (exact) mass is 829 g/mol. The predicted molar refractivity (Wildman–Crippen MR) is 224 cm³/mol. The Morgan fingerprint density at radius 3 is 2.22 bits per heavy atom. The minimum Gasteiger partial charge on any atom is -0.493 e. The molecular formula is C44H46BrCl2N3O4. The molecule has 7 nitrogen and oxygen atoms in total. The van der Waals surface area contributed by atoms with E-state index in [4.69, 9.17) is 37.4 Å². The second-order valence-electron chi connectivity index (χ2n) is 13.5. The van der Waals surface area contributed by atoms with E-state index in [1.165, 1.54) is 16.7 Å². The molecule has 0 saturated carbocycles. The van der Waals surface area contributed by atoms with Crippen molar-refractivity contribution in [3.05, 3.63) is 153 Å². The van der Waals surface area contributed by atoms with E-state index >= 15 is 0 Å². The number of rotatable bonds is 14. The topological polar surface area (TPSA) is 64.1 Å². The van der Waals surface area contributed by atoms with E-state index in [0.717, 1.165) is 48.5 Å². The second-order valence-corrected chi connectivity index (χ2v) is 14.3. The highest BCUT2D eigenvalue weighted by Gasteiger charge is 2.20. The molecule has 0 atom stereocenters. The third-order valence-corrected chi connectivity index (χ3v) is 9.99. The normalized spacial score (nSPS) is 13.2. The number of pyridine rings is 1. The lowest BCUT2D eigenvalue weighted by atomic mass is 10.0. The van der Waals surface area contributed by atoms with E-state index < -0.39 is 0 Å². The summed E-state index contributed by atoms with van der Waals surface area (Å²) in [6.45, 7) is 11.1. The smallest absolute Gasteiger partial charge is 0.246 e. The second kappa shape index (κ2) is 19.8. The van der Waals surface area contributed by atoms with Crippen LogP contribution in [0.15, 0.2) is 109 Å². The zero-order chi connectivity index (χ0) is 37.2. The van der Waals surface area contributed by atoms with Crippen molar-refractivity contribution < 1.29 is 19.0 Å². The number of hydrogen-bond acceptors (Lipinski definition) is 6. The van der Waals surface area contributed by atoms with Crippen molar-refractivity contribution in [2.75, 3.05) is 32.8 Å². The largest absolute Gasteiger partial charge is 0.493 e. The molecule has 1 amide bonds. The van der Waals surface area contributed by atoms with Gasteiger partial charge >= 0.3 is 0 Å². The maximum Gasteiger partial charge on any atom is 0.246 e. The summed E-state index contributed by atoms with van der Waals surface area (Å²) >= 11 is 12.8. The highest BCUT2D eigenvalue weighted by atomic mass is 79.9. The fraction of sp³-hybridized carbons (Fsp3) is 0.273. The van der Waals surface area contributed by atoms with E-state index in [1.807, 2.05) is 42.2 Å².